The molecule has 0 saturated carbocycles. The number of aromatic nitrogens is 2. The van der Waals surface area contributed by atoms with Crippen molar-refractivity contribution in [1.82, 2.24) is 15.1 Å². The number of furan rings is 1. The van der Waals surface area contributed by atoms with E-state index < -0.39 is 0 Å². The summed E-state index contributed by atoms with van der Waals surface area (Å²) in [5.41, 5.74) is 2.31. The minimum Gasteiger partial charge on any atom is -0.467 e. The van der Waals surface area contributed by atoms with Gasteiger partial charge in [-0.1, -0.05) is 18.2 Å². The van der Waals surface area contributed by atoms with Crippen molar-refractivity contribution >= 4 is 10.9 Å². The lowest BCUT2D eigenvalue weighted by molar-refractivity contribution is 0.478. The van der Waals surface area contributed by atoms with Crippen molar-refractivity contribution < 1.29 is 4.42 Å². The molecular formula is C14H15N3O. The van der Waals surface area contributed by atoms with E-state index in [1.54, 1.807) is 6.26 Å². The van der Waals surface area contributed by atoms with Gasteiger partial charge in [-0.2, -0.15) is 5.10 Å². The number of hydrogen-bond acceptors (Lipinski definition) is 3. The summed E-state index contributed by atoms with van der Waals surface area (Å²) in [6.45, 7) is 1.47. The van der Waals surface area contributed by atoms with Crippen LogP contribution in [-0.4, -0.2) is 16.8 Å². The van der Waals surface area contributed by atoms with Crippen molar-refractivity contribution in [2.75, 3.05) is 7.05 Å². The van der Waals surface area contributed by atoms with Gasteiger partial charge in [-0.25, -0.2) is 0 Å². The molecule has 0 radical (unpaired) electrons. The summed E-state index contributed by atoms with van der Waals surface area (Å²) < 4.78 is 7.50. The van der Waals surface area contributed by atoms with Gasteiger partial charge in [-0.3, -0.25) is 4.68 Å². The van der Waals surface area contributed by atoms with Gasteiger partial charge in [0.1, 0.15) is 5.76 Å². The van der Waals surface area contributed by atoms with Gasteiger partial charge in [0.2, 0.25) is 0 Å². The average molecular weight is 241 g/mol. The molecule has 18 heavy (non-hydrogen) atoms. The zero-order valence-corrected chi connectivity index (χ0v) is 10.3. The van der Waals surface area contributed by atoms with E-state index in [2.05, 4.69) is 22.5 Å². The van der Waals surface area contributed by atoms with Gasteiger partial charge < -0.3 is 9.73 Å². The minimum absolute atomic E-state index is 0.664. The highest BCUT2D eigenvalue weighted by Gasteiger charge is 2.09. The molecule has 0 bridgehead atoms. The zero-order chi connectivity index (χ0) is 12.4. The molecule has 4 nitrogen and oxygen atoms in total. The monoisotopic (exact) mass is 241 g/mol. The molecule has 3 rings (SSSR count). The molecule has 0 aliphatic heterocycles. The largest absolute Gasteiger partial charge is 0.467 e. The minimum atomic E-state index is 0.664. The smallest absolute Gasteiger partial charge is 0.129 e. The fraction of sp³-hybridized carbons (Fsp3) is 0.214. The Labute approximate surface area is 105 Å². The Kier molecular flexibility index (Phi) is 2.86. The molecular weight excluding hydrogens is 226 g/mol. The van der Waals surface area contributed by atoms with E-state index in [1.807, 2.05) is 36.1 Å². The second-order valence-electron chi connectivity index (χ2n) is 4.26. The summed E-state index contributed by atoms with van der Waals surface area (Å²) in [5.74, 6) is 0.957. The van der Waals surface area contributed by atoms with E-state index >= 15 is 0 Å². The van der Waals surface area contributed by atoms with Crippen molar-refractivity contribution in [3.8, 4) is 0 Å². The van der Waals surface area contributed by atoms with E-state index in [0.717, 1.165) is 23.2 Å². The van der Waals surface area contributed by atoms with Crippen LogP contribution in [0.4, 0.5) is 0 Å². The molecule has 0 amide bonds. The lowest BCUT2D eigenvalue weighted by atomic mass is 10.2. The average Bonchev–Trinajstić information content (AvgIpc) is 2.99. The molecule has 0 unspecified atom stereocenters. The maximum atomic E-state index is 5.54. The Morgan fingerprint density at radius 3 is 3.06 bits per heavy atom. The Morgan fingerprint density at radius 1 is 1.28 bits per heavy atom. The molecule has 0 aliphatic carbocycles. The number of para-hydroxylation sites is 1. The van der Waals surface area contributed by atoms with Crippen LogP contribution in [0.25, 0.3) is 10.9 Å². The van der Waals surface area contributed by atoms with Crippen molar-refractivity contribution in [3.63, 3.8) is 0 Å². The summed E-state index contributed by atoms with van der Waals surface area (Å²) in [4.78, 5) is 0. The Hall–Kier alpha value is -2.07. The summed E-state index contributed by atoms with van der Waals surface area (Å²) in [6, 6.07) is 10.2. The summed E-state index contributed by atoms with van der Waals surface area (Å²) >= 11 is 0. The van der Waals surface area contributed by atoms with Gasteiger partial charge in [-0.05, 0) is 19.2 Å². The molecule has 4 heteroatoms. The Morgan fingerprint density at radius 2 is 2.17 bits per heavy atom. The summed E-state index contributed by atoms with van der Waals surface area (Å²) in [6.07, 6.45) is 3.61. The third-order valence-corrected chi connectivity index (χ3v) is 3.05. The van der Waals surface area contributed by atoms with E-state index in [1.165, 1.54) is 5.56 Å². The number of rotatable bonds is 4. The number of benzene rings is 1. The highest BCUT2D eigenvalue weighted by atomic mass is 16.3. The third kappa shape index (κ3) is 1.91. The predicted molar refractivity (Wildman–Crippen MR) is 70.3 cm³/mol. The molecule has 0 atom stereocenters. The quantitative estimate of drug-likeness (QED) is 0.762. The van der Waals surface area contributed by atoms with E-state index in [9.17, 15) is 0 Å². The first-order chi connectivity index (χ1) is 8.88. The number of fused-ring (bicyclic) bond motifs is 1. The lowest BCUT2D eigenvalue weighted by Gasteiger charge is -2.04. The number of nitrogens with one attached hydrogen (secondary N) is 1. The van der Waals surface area contributed by atoms with Crippen LogP contribution in [0.5, 0.6) is 0 Å². The van der Waals surface area contributed by atoms with Gasteiger partial charge in [-0.15, -0.1) is 0 Å². The Balaban J connectivity index is 1.94. The molecule has 1 N–H and O–H groups in total. The van der Waals surface area contributed by atoms with Gasteiger partial charge in [0.15, 0.2) is 0 Å². The SMILES string of the molecule is CNCc1ccoc1Cn1ncc2ccccc21. The van der Waals surface area contributed by atoms with Crippen LogP contribution >= 0.6 is 0 Å². The van der Waals surface area contributed by atoms with Crippen LogP contribution in [0.2, 0.25) is 0 Å². The van der Waals surface area contributed by atoms with Gasteiger partial charge in [0, 0.05) is 17.5 Å². The molecule has 92 valence electrons. The van der Waals surface area contributed by atoms with Gasteiger partial charge in [0.05, 0.1) is 24.5 Å². The summed E-state index contributed by atoms with van der Waals surface area (Å²) in [7, 11) is 1.93. The van der Waals surface area contributed by atoms with Crippen LogP contribution in [0.3, 0.4) is 0 Å². The molecule has 0 aliphatic rings. The highest BCUT2D eigenvalue weighted by Crippen LogP contribution is 2.17. The molecule has 1 aromatic carbocycles. The van der Waals surface area contributed by atoms with E-state index in [0.29, 0.717) is 6.54 Å². The maximum absolute atomic E-state index is 5.54. The van der Waals surface area contributed by atoms with Crippen LogP contribution in [0.1, 0.15) is 11.3 Å². The fourth-order valence-corrected chi connectivity index (χ4v) is 2.14. The second kappa shape index (κ2) is 4.66. The maximum Gasteiger partial charge on any atom is 0.129 e. The van der Waals surface area contributed by atoms with Crippen LogP contribution in [0, 0.1) is 0 Å². The second-order valence-corrected chi connectivity index (χ2v) is 4.26. The van der Waals surface area contributed by atoms with Crippen molar-refractivity contribution in [1.29, 1.82) is 0 Å². The Bertz CT molecular complexity index is 654. The van der Waals surface area contributed by atoms with Crippen LogP contribution in [-0.2, 0) is 13.1 Å². The van der Waals surface area contributed by atoms with Crippen LogP contribution < -0.4 is 5.32 Å². The first-order valence-electron chi connectivity index (χ1n) is 5.99. The number of hydrogen-bond donors (Lipinski definition) is 1. The van der Waals surface area contributed by atoms with Gasteiger partial charge in [0.25, 0.3) is 0 Å². The standard InChI is InChI=1S/C14H15N3O/c1-15-8-12-6-7-18-14(12)10-17-13-5-3-2-4-11(13)9-16-17/h2-7,9,15H,8,10H2,1H3. The topological polar surface area (TPSA) is 43.0 Å². The van der Waals surface area contributed by atoms with E-state index in [4.69, 9.17) is 4.42 Å². The zero-order valence-electron chi connectivity index (χ0n) is 10.3. The highest BCUT2D eigenvalue weighted by molar-refractivity contribution is 5.78. The molecule has 0 fully saturated rings. The van der Waals surface area contributed by atoms with Gasteiger partial charge >= 0.3 is 0 Å². The predicted octanol–water partition coefficient (Wildman–Crippen LogP) is 2.40. The number of nitrogens with zero attached hydrogens (tertiary/aromatic N) is 2. The van der Waals surface area contributed by atoms with E-state index in [-0.39, 0.29) is 0 Å². The molecule has 0 spiro atoms. The lowest BCUT2D eigenvalue weighted by Crippen LogP contribution is -2.08. The first kappa shape index (κ1) is 11.0. The third-order valence-electron chi connectivity index (χ3n) is 3.05. The summed E-state index contributed by atoms with van der Waals surface area (Å²) in [5, 5.41) is 8.70. The molecule has 2 aromatic heterocycles. The van der Waals surface area contributed by atoms with Crippen LogP contribution in [0.15, 0.2) is 47.2 Å². The molecule has 3 aromatic rings. The van der Waals surface area contributed by atoms with Crippen molar-refractivity contribution in [2.24, 2.45) is 0 Å². The first-order valence-corrected chi connectivity index (χ1v) is 5.99. The molecule has 0 saturated heterocycles. The van der Waals surface area contributed by atoms with Crippen molar-refractivity contribution in [2.45, 2.75) is 13.1 Å². The fourth-order valence-electron chi connectivity index (χ4n) is 2.14. The normalized spacial score (nSPS) is 11.2. The van der Waals surface area contributed by atoms with Crippen molar-refractivity contribution in [3.05, 3.63) is 54.1 Å². The molecule has 2 heterocycles.